The molecule has 3 aliphatic carbocycles. The van der Waals surface area contributed by atoms with E-state index in [1.54, 1.807) is 0 Å². The fourth-order valence-corrected chi connectivity index (χ4v) is 5.11. The minimum absolute atomic E-state index is 0.202. The van der Waals surface area contributed by atoms with Crippen LogP contribution in [0.4, 0.5) is 27.6 Å². The van der Waals surface area contributed by atoms with Gasteiger partial charge in [0.1, 0.15) is 0 Å². The number of fused-ring (bicyclic) bond motifs is 3. The normalized spacial score (nSPS) is 27.0. The lowest BCUT2D eigenvalue weighted by Crippen LogP contribution is -2.60. The van der Waals surface area contributed by atoms with Crippen LogP contribution in [0.15, 0.2) is 18.2 Å². The number of hydrogen-bond donors (Lipinski definition) is 2. The zero-order chi connectivity index (χ0) is 22.6. The summed E-state index contributed by atoms with van der Waals surface area (Å²) in [6, 6.07) is 2.16. The Balaban J connectivity index is 1.88. The summed E-state index contributed by atoms with van der Waals surface area (Å²) >= 11 is 0. The standard InChI is InChI=1S/C19H23F5N2O3S/c1-16(20,21)17-5-8-18(9-6-17,10-7-17)25-15(27)13-11-12(19(22,23)24)3-4-14(13)26-30(2,28)29/h3-4,11,26H,5-10H2,1-2H3,(H,25,27). The second-order valence-electron chi connectivity index (χ2n) is 8.54. The Morgan fingerprint density at radius 2 is 1.53 bits per heavy atom. The molecule has 0 spiro atoms. The molecule has 3 fully saturated rings. The average Bonchev–Trinajstić information content (AvgIpc) is 2.60. The van der Waals surface area contributed by atoms with Crippen LogP contribution in [0.25, 0.3) is 0 Å². The van der Waals surface area contributed by atoms with Gasteiger partial charge in [0, 0.05) is 11.0 Å². The molecule has 0 aromatic heterocycles. The Morgan fingerprint density at radius 1 is 1.00 bits per heavy atom. The number of halogens is 5. The molecule has 0 atom stereocenters. The SMILES string of the molecule is CC(F)(F)C12CCC(NC(=O)c3cc(C(F)(F)F)ccc3NS(C)(=O)=O)(CC1)CC2. The summed E-state index contributed by atoms with van der Waals surface area (Å²) in [4.78, 5) is 12.9. The van der Waals surface area contributed by atoms with Gasteiger partial charge in [-0.1, -0.05) is 0 Å². The van der Waals surface area contributed by atoms with Crippen molar-refractivity contribution in [1.29, 1.82) is 0 Å². The second-order valence-corrected chi connectivity index (χ2v) is 10.3. The molecule has 1 aromatic rings. The Labute approximate surface area is 171 Å². The number of nitrogens with one attached hydrogen (secondary N) is 2. The number of benzene rings is 1. The summed E-state index contributed by atoms with van der Waals surface area (Å²) in [7, 11) is -3.85. The zero-order valence-electron chi connectivity index (χ0n) is 16.5. The van der Waals surface area contributed by atoms with E-state index in [4.69, 9.17) is 0 Å². The maximum Gasteiger partial charge on any atom is 0.416 e. The summed E-state index contributed by atoms with van der Waals surface area (Å²) < 4.78 is 92.6. The van der Waals surface area contributed by atoms with Crippen LogP contribution in [-0.4, -0.2) is 32.0 Å². The quantitative estimate of drug-likeness (QED) is 0.641. The molecule has 0 radical (unpaired) electrons. The first-order chi connectivity index (χ1) is 13.6. The number of carbonyl (C=O) groups excluding carboxylic acids is 1. The summed E-state index contributed by atoms with van der Waals surface area (Å²) in [5.41, 5.74) is -3.74. The molecule has 168 valence electrons. The molecule has 3 saturated carbocycles. The molecule has 0 saturated heterocycles. The van der Waals surface area contributed by atoms with Crippen molar-refractivity contribution in [3.63, 3.8) is 0 Å². The van der Waals surface area contributed by atoms with Crippen molar-refractivity contribution in [2.45, 2.75) is 63.1 Å². The van der Waals surface area contributed by atoms with E-state index in [2.05, 4.69) is 10.0 Å². The molecule has 0 unspecified atom stereocenters. The molecule has 4 rings (SSSR count). The van der Waals surface area contributed by atoms with E-state index in [1.165, 1.54) is 0 Å². The highest BCUT2D eigenvalue weighted by atomic mass is 32.2. The number of anilines is 1. The van der Waals surface area contributed by atoms with Crippen molar-refractivity contribution in [3.05, 3.63) is 29.3 Å². The smallest absolute Gasteiger partial charge is 0.347 e. The monoisotopic (exact) mass is 454 g/mol. The second kappa shape index (κ2) is 7.06. The van der Waals surface area contributed by atoms with Crippen LogP contribution in [0.5, 0.6) is 0 Å². The van der Waals surface area contributed by atoms with Gasteiger partial charge in [-0.05, 0) is 63.6 Å². The molecule has 11 heteroatoms. The molecular weight excluding hydrogens is 431 g/mol. The van der Waals surface area contributed by atoms with Gasteiger partial charge in [-0.15, -0.1) is 0 Å². The third kappa shape index (κ3) is 4.40. The van der Waals surface area contributed by atoms with Crippen molar-refractivity contribution < 1.29 is 35.2 Å². The number of hydrogen-bond acceptors (Lipinski definition) is 3. The van der Waals surface area contributed by atoms with Crippen LogP contribution in [0.3, 0.4) is 0 Å². The predicted molar refractivity (Wildman–Crippen MR) is 101 cm³/mol. The van der Waals surface area contributed by atoms with E-state index in [9.17, 15) is 35.2 Å². The molecule has 3 aliphatic rings. The van der Waals surface area contributed by atoms with Crippen LogP contribution < -0.4 is 10.0 Å². The van der Waals surface area contributed by atoms with E-state index in [0.29, 0.717) is 12.1 Å². The molecule has 2 N–H and O–H groups in total. The van der Waals surface area contributed by atoms with Gasteiger partial charge in [0.05, 0.1) is 23.1 Å². The van der Waals surface area contributed by atoms with Gasteiger partial charge in [0.25, 0.3) is 11.8 Å². The Morgan fingerprint density at radius 3 is 1.97 bits per heavy atom. The number of sulfonamides is 1. The highest BCUT2D eigenvalue weighted by Gasteiger charge is 2.58. The van der Waals surface area contributed by atoms with Gasteiger partial charge in [-0.3, -0.25) is 9.52 Å². The number of rotatable bonds is 5. The van der Waals surface area contributed by atoms with Crippen molar-refractivity contribution in [2.24, 2.45) is 5.41 Å². The van der Waals surface area contributed by atoms with Crippen molar-refractivity contribution in [1.82, 2.24) is 5.32 Å². The molecule has 1 amide bonds. The third-order valence-electron chi connectivity index (χ3n) is 6.44. The molecule has 5 nitrogen and oxygen atoms in total. The lowest BCUT2D eigenvalue weighted by atomic mass is 9.55. The fourth-order valence-electron chi connectivity index (χ4n) is 4.54. The lowest BCUT2D eigenvalue weighted by Gasteiger charge is -2.55. The van der Waals surface area contributed by atoms with Gasteiger partial charge in [-0.25, -0.2) is 17.2 Å². The number of amides is 1. The topological polar surface area (TPSA) is 75.3 Å². The van der Waals surface area contributed by atoms with Gasteiger partial charge in [0.15, 0.2) is 0 Å². The van der Waals surface area contributed by atoms with Gasteiger partial charge < -0.3 is 5.32 Å². The van der Waals surface area contributed by atoms with Crippen molar-refractivity contribution in [2.75, 3.05) is 11.0 Å². The number of alkyl halides is 5. The maximum absolute atomic E-state index is 14.0. The first kappa shape index (κ1) is 22.8. The molecule has 1 aromatic carbocycles. The summed E-state index contributed by atoms with van der Waals surface area (Å²) in [5.74, 6) is -3.72. The Hall–Kier alpha value is -1.91. The van der Waals surface area contributed by atoms with E-state index in [-0.39, 0.29) is 44.2 Å². The molecule has 30 heavy (non-hydrogen) atoms. The zero-order valence-corrected chi connectivity index (χ0v) is 17.3. The third-order valence-corrected chi connectivity index (χ3v) is 7.03. The maximum atomic E-state index is 14.0. The predicted octanol–water partition coefficient (Wildman–Crippen LogP) is 4.55. The van der Waals surface area contributed by atoms with Crippen molar-refractivity contribution >= 4 is 21.6 Å². The van der Waals surface area contributed by atoms with Crippen LogP contribution >= 0.6 is 0 Å². The van der Waals surface area contributed by atoms with Crippen LogP contribution in [0, 0.1) is 5.41 Å². The van der Waals surface area contributed by atoms with E-state index < -0.39 is 50.1 Å². The molecule has 0 aliphatic heterocycles. The summed E-state index contributed by atoms with van der Waals surface area (Å²) in [6.07, 6.45) is -2.44. The highest BCUT2D eigenvalue weighted by Crippen LogP contribution is 2.59. The first-order valence-electron chi connectivity index (χ1n) is 9.45. The Kier molecular flexibility index (Phi) is 5.36. The van der Waals surface area contributed by atoms with E-state index >= 15 is 0 Å². The molecule has 2 bridgehead atoms. The largest absolute Gasteiger partial charge is 0.416 e. The molecule has 0 heterocycles. The van der Waals surface area contributed by atoms with Crippen LogP contribution in [0.1, 0.15) is 61.4 Å². The lowest BCUT2D eigenvalue weighted by molar-refractivity contribution is -0.160. The van der Waals surface area contributed by atoms with Gasteiger partial charge in [0.2, 0.25) is 10.0 Å². The van der Waals surface area contributed by atoms with Gasteiger partial charge >= 0.3 is 6.18 Å². The number of carbonyl (C=O) groups is 1. The minimum Gasteiger partial charge on any atom is -0.347 e. The van der Waals surface area contributed by atoms with E-state index in [0.717, 1.165) is 19.2 Å². The Bertz CT molecular complexity index is 929. The summed E-state index contributed by atoms with van der Waals surface area (Å²) in [5, 5.41) is 2.72. The van der Waals surface area contributed by atoms with E-state index in [1.807, 2.05) is 0 Å². The molecular formula is C19H23F5N2O3S. The van der Waals surface area contributed by atoms with Gasteiger partial charge in [-0.2, -0.15) is 13.2 Å². The van der Waals surface area contributed by atoms with Crippen molar-refractivity contribution in [3.8, 4) is 0 Å². The minimum atomic E-state index is -4.72. The average molecular weight is 454 g/mol. The fraction of sp³-hybridized carbons (Fsp3) is 0.632. The van der Waals surface area contributed by atoms with Crippen LogP contribution in [-0.2, 0) is 16.2 Å². The van der Waals surface area contributed by atoms with Crippen LogP contribution in [0.2, 0.25) is 0 Å². The summed E-state index contributed by atoms with van der Waals surface area (Å²) in [6.45, 7) is 0.898. The highest BCUT2D eigenvalue weighted by molar-refractivity contribution is 7.92. The first-order valence-corrected chi connectivity index (χ1v) is 11.3.